The summed E-state index contributed by atoms with van der Waals surface area (Å²) in [6.45, 7) is 3.94. The van der Waals surface area contributed by atoms with Crippen molar-refractivity contribution < 1.29 is 9.18 Å². The molecule has 1 rings (SSSR count). The average Bonchev–Trinajstić information content (AvgIpc) is 2.50. The van der Waals surface area contributed by atoms with Crippen molar-refractivity contribution in [2.24, 2.45) is 0 Å². The van der Waals surface area contributed by atoms with E-state index in [1.165, 1.54) is 11.0 Å². The molecule has 1 amide bonds. The van der Waals surface area contributed by atoms with Crippen LogP contribution in [0.2, 0.25) is 0 Å². The van der Waals surface area contributed by atoms with Crippen LogP contribution in [0, 0.1) is 0 Å². The molecule has 1 saturated heterocycles. The molecule has 0 aliphatic carbocycles. The van der Waals surface area contributed by atoms with Gasteiger partial charge in [-0.2, -0.15) is 0 Å². The van der Waals surface area contributed by atoms with Crippen LogP contribution < -0.4 is 0 Å². The Balaban J connectivity index is 2.71. The Morgan fingerprint density at radius 1 is 1.73 bits per heavy atom. The first-order valence-electron chi connectivity index (χ1n) is 3.52. The van der Waals surface area contributed by atoms with Crippen molar-refractivity contribution in [1.29, 1.82) is 0 Å². The van der Waals surface area contributed by atoms with Crippen molar-refractivity contribution >= 4 is 5.91 Å². The largest absolute Gasteiger partial charge is 0.310 e. The van der Waals surface area contributed by atoms with Gasteiger partial charge in [0.1, 0.15) is 6.33 Å². The van der Waals surface area contributed by atoms with Crippen LogP contribution in [0.25, 0.3) is 0 Å². The topological polar surface area (TPSA) is 20.3 Å². The summed E-state index contributed by atoms with van der Waals surface area (Å²) < 4.78 is 12.1. The van der Waals surface area contributed by atoms with Crippen LogP contribution >= 0.6 is 0 Å². The van der Waals surface area contributed by atoms with Gasteiger partial charge in [-0.05, 0) is 18.9 Å². The lowest BCUT2D eigenvalue weighted by molar-refractivity contribution is -0.123. The number of carbonyl (C=O) groups excluding carboxylic acids is 1. The van der Waals surface area contributed by atoms with Crippen LogP contribution in [-0.2, 0) is 4.79 Å². The van der Waals surface area contributed by atoms with E-state index < -0.39 is 0 Å². The Bertz CT molecular complexity index is 210. The molecule has 1 heterocycles. The molecule has 60 valence electrons. The zero-order valence-electron chi connectivity index (χ0n) is 6.22. The van der Waals surface area contributed by atoms with E-state index in [-0.39, 0.29) is 5.91 Å². The molecule has 3 heteroatoms. The Labute approximate surface area is 65.0 Å². The molecule has 2 nitrogen and oxygen atoms in total. The highest BCUT2D eigenvalue weighted by molar-refractivity contribution is 5.88. The van der Waals surface area contributed by atoms with Gasteiger partial charge < -0.3 is 4.90 Å². The number of nitrogens with zero attached hydrogens (tertiary/aromatic N) is 1. The number of halogens is 1. The first kappa shape index (κ1) is 7.98. The molecule has 11 heavy (non-hydrogen) atoms. The SMILES string of the molecule is C=CC(=O)N1CCC/C1=C\F. The van der Waals surface area contributed by atoms with Gasteiger partial charge in [-0.15, -0.1) is 0 Å². The monoisotopic (exact) mass is 155 g/mol. The molecule has 0 radical (unpaired) electrons. The van der Waals surface area contributed by atoms with Crippen molar-refractivity contribution in [2.75, 3.05) is 6.54 Å². The van der Waals surface area contributed by atoms with E-state index in [1.807, 2.05) is 0 Å². The van der Waals surface area contributed by atoms with Gasteiger partial charge in [-0.3, -0.25) is 4.79 Å². The number of amides is 1. The van der Waals surface area contributed by atoms with Crippen molar-refractivity contribution in [2.45, 2.75) is 12.8 Å². The molecule has 0 atom stereocenters. The van der Waals surface area contributed by atoms with Crippen LogP contribution in [0.1, 0.15) is 12.8 Å². The fraction of sp³-hybridized carbons (Fsp3) is 0.375. The van der Waals surface area contributed by atoms with Crippen molar-refractivity contribution in [3.8, 4) is 0 Å². The molecule has 1 fully saturated rings. The average molecular weight is 155 g/mol. The third-order valence-corrected chi connectivity index (χ3v) is 1.73. The number of allylic oxidation sites excluding steroid dienone is 1. The molecule has 0 N–H and O–H groups in total. The third kappa shape index (κ3) is 1.48. The van der Waals surface area contributed by atoms with E-state index in [4.69, 9.17) is 0 Å². The second-order valence-electron chi connectivity index (χ2n) is 2.40. The van der Waals surface area contributed by atoms with Gasteiger partial charge in [0.05, 0.1) is 0 Å². The van der Waals surface area contributed by atoms with Crippen LogP contribution in [0.15, 0.2) is 24.7 Å². The summed E-state index contributed by atoms with van der Waals surface area (Å²) in [6.07, 6.45) is 3.19. The molecule has 0 saturated carbocycles. The second-order valence-corrected chi connectivity index (χ2v) is 2.40. The Morgan fingerprint density at radius 3 is 3.00 bits per heavy atom. The second kappa shape index (κ2) is 3.32. The Hall–Kier alpha value is -1.12. The van der Waals surface area contributed by atoms with Crippen LogP contribution in [0.5, 0.6) is 0 Å². The zero-order valence-corrected chi connectivity index (χ0v) is 6.22. The highest BCUT2D eigenvalue weighted by Crippen LogP contribution is 2.20. The van der Waals surface area contributed by atoms with E-state index in [2.05, 4.69) is 6.58 Å². The van der Waals surface area contributed by atoms with Crippen molar-refractivity contribution in [3.63, 3.8) is 0 Å². The molecule has 0 aromatic heterocycles. The molecule has 0 spiro atoms. The van der Waals surface area contributed by atoms with Gasteiger partial charge in [0, 0.05) is 12.2 Å². The maximum absolute atomic E-state index is 12.1. The highest BCUT2D eigenvalue weighted by atomic mass is 19.1. The number of hydrogen-bond acceptors (Lipinski definition) is 1. The summed E-state index contributed by atoms with van der Waals surface area (Å²) in [5.41, 5.74) is 0.468. The minimum atomic E-state index is -0.216. The smallest absolute Gasteiger partial charge is 0.250 e. The number of likely N-dealkylation sites (tertiary alicyclic amines) is 1. The van der Waals surface area contributed by atoms with Gasteiger partial charge in [-0.25, -0.2) is 4.39 Å². The summed E-state index contributed by atoms with van der Waals surface area (Å²) in [7, 11) is 0. The summed E-state index contributed by atoms with van der Waals surface area (Å²) in [5.74, 6) is -0.216. The van der Waals surface area contributed by atoms with E-state index >= 15 is 0 Å². The zero-order chi connectivity index (χ0) is 8.27. The first-order valence-corrected chi connectivity index (χ1v) is 3.52. The van der Waals surface area contributed by atoms with Crippen LogP contribution in [-0.4, -0.2) is 17.4 Å². The van der Waals surface area contributed by atoms with E-state index in [0.29, 0.717) is 25.0 Å². The molecule has 0 aromatic rings. The number of hydrogen-bond donors (Lipinski definition) is 0. The van der Waals surface area contributed by atoms with E-state index in [1.54, 1.807) is 0 Å². The summed E-state index contributed by atoms with van der Waals surface area (Å²) in [5, 5.41) is 0. The van der Waals surface area contributed by atoms with Crippen molar-refractivity contribution in [1.82, 2.24) is 4.90 Å². The number of rotatable bonds is 1. The standard InChI is InChI=1S/C8H10FNO/c1-2-8(11)10-5-3-4-7(10)6-9/h2,6H,1,3-5H2/b7-6+. The quantitative estimate of drug-likeness (QED) is 0.527. The molecule has 0 aromatic carbocycles. The molecule has 1 aliphatic rings. The maximum atomic E-state index is 12.1. The lowest BCUT2D eigenvalue weighted by Crippen LogP contribution is -2.23. The maximum Gasteiger partial charge on any atom is 0.250 e. The lowest BCUT2D eigenvalue weighted by atomic mass is 10.3. The minimum Gasteiger partial charge on any atom is -0.310 e. The van der Waals surface area contributed by atoms with Gasteiger partial charge in [-0.1, -0.05) is 6.58 Å². The minimum absolute atomic E-state index is 0.216. The Kier molecular flexibility index (Phi) is 2.41. The predicted molar refractivity (Wildman–Crippen MR) is 40.3 cm³/mol. The normalized spacial score (nSPS) is 20.8. The highest BCUT2D eigenvalue weighted by Gasteiger charge is 2.20. The summed E-state index contributed by atoms with van der Waals surface area (Å²) in [4.78, 5) is 12.4. The van der Waals surface area contributed by atoms with Gasteiger partial charge in [0.2, 0.25) is 5.91 Å². The fourth-order valence-corrected chi connectivity index (χ4v) is 1.17. The van der Waals surface area contributed by atoms with Gasteiger partial charge in [0.15, 0.2) is 0 Å². The molecular formula is C8H10FNO. The number of carbonyl (C=O) groups is 1. The van der Waals surface area contributed by atoms with E-state index in [9.17, 15) is 9.18 Å². The summed E-state index contributed by atoms with van der Waals surface area (Å²) in [6, 6.07) is 0. The van der Waals surface area contributed by atoms with Gasteiger partial charge >= 0.3 is 0 Å². The Morgan fingerprint density at radius 2 is 2.45 bits per heavy atom. The lowest BCUT2D eigenvalue weighted by Gasteiger charge is -2.13. The molecule has 1 aliphatic heterocycles. The molecule has 0 unspecified atom stereocenters. The van der Waals surface area contributed by atoms with Crippen LogP contribution in [0.3, 0.4) is 0 Å². The third-order valence-electron chi connectivity index (χ3n) is 1.73. The summed E-state index contributed by atoms with van der Waals surface area (Å²) >= 11 is 0. The predicted octanol–water partition coefficient (Wildman–Crippen LogP) is 1.61. The van der Waals surface area contributed by atoms with Crippen molar-refractivity contribution in [3.05, 3.63) is 24.7 Å². The molecular weight excluding hydrogens is 145 g/mol. The fourth-order valence-electron chi connectivity index (χ4n) is 1.17. The van der Waals surface area contributed by atoms with Crippen LogP contribution in [0.4, 0.5) is 4.39 Å². The molecule has 0 bridgehead atoms. The first-order chi connectivity index (χ1) is 5.29. The van der Waals surface area contributed by atoms with Gasteiger partial charge in [0.25, 0.3) is 0 Å². The van der Waals surface area contributed by atoms with E-state index in [0.717, 1.165) is 6.42 Å².